The van der Waals surface area contributed by atoms with Crippen molar-refractivity contribution in [2.24, 2.45) is 5.16 Å². The molecule has 0 aromatic carbocycles. The van der Waals surface area contributed by atoms with E-state index in [1.807, 2.05) is 0 Å². The average Bonchev–Trinajstić information content (AvgIpc) is 2.94. The maximum atomic E-state index is 13.2. The smallest absolute Gasteiger partial charge is 0.352 e. The van der Waals surface area contributed by atoms with E-state index >= 15 is 0 Å². The number of carbonyl (C=O) groups excluding carboxylic acids is 4. The molecule has 0 aliphatic carbocycles. The van der Waals surface area contributed by atoms with Crippen LogP contribution in [-0.2, 0) is 35.4 Å². The van der Waals surface area contributed by atoms with Crippen molar-refractivity contribution < 1.29 is 38.5 Å². The predicted octanol–water partition coefficient (Wildman–Crippen LogP) is -1.31. The summed E-state index contributed by atoms with van der Waals surface area (Å²) in [6.45, 7) is -0.109. The van der Waals surface area contributed by atoms with Gasteiger partial charge < -0.3 is 25.9 Å². The highest BCUT2D eigenvalue weighted by atomic mass is 32.2. The van der Waals surface area contributed by atoms with Crippen molar-refractivity contribution in [1.82, 2.24) is 20.2 Å². The van der Waals surface area contributed by atoms with Crippen molar-refractivity contribution in [2.75, 3.05) is 23.0 Å². The summed E-state index contributed by atoms with van der Waals surface area (Å²) in [5.41, 5.74) is 0.395. The number of β-lactam (4-membered cyclic amide) rings is 1. The molecule has 15 nitrogen and oxygen atoms in total. The molecule has 1 unspecified atom stereocenters. The van der Waals surface area contributed by atoms with Crippen LogP contribution in [0.5, 0.6) is 0 Å². The molecular formula is C24H21N8O7S+. The number of amides is 4. The highest BCUT2D eigenvalue weighted by Gasteiger charge is 2.54. The van der Waals surface area contributed by atoms with Gasteiger partial charge in [0, 0.05) is 23.6 Å². The van der Waals surface area contributed by atoms with E-state index in [1.54, 1.807) is 29.1 Å². The first-order chi connectivity index (χ1) is 19.4. The molecule has 2 aliphatic rings. The molecule has 2 aromatic rings. The molecule has 4 N–H and O–H groups in total. The van der Waals surface area contributed by atoms with Crippen molar-refractivity contribution in [1.29, 1.82) is 0 Å². The quantitative estimate of drug-likeness (QED) is 0.0456. The number of hydrogen-bond acceptors (Lipinski definition) is 10. The molecule has 0 radical (unpaired) electrons. The van der Waals surface area contributed by atoms with Crippen LogP contribution in [0, 0.1) is 12.3 Å². The van der Waals surface area contributed by atoms with Gasteiger partial charge in [-0.1, -0.05) is 11.1 Å². The van der Waals surface area contributed by atoms with E-state index in [0.29, 0.717) is 24.1 Å². The number of fused-ring (bicyclic) bond motifs is 1. The molecule has 204 valence electrons. The van der Waals surface area contributed by atoms with Gasteiger partial charge in [0.1, 0.15) is 28.6 Å². The molecule has 4 heterocycles. The summed E-state index contributed by atoms with van der Waals surface area (Å²) in [5, 5.41) is 20.3. The Morgan fingerprint density at radius 1 is 1.32 bits per heavy atom. The first-order valence-corrected chi connectivity index (χ1v) is 12.5. The van der Waals surface area contributed by atoms with Crippen molar-refractivity contribution in [2.45, 2.75) is 18.0 Å². The number of nitrogens with one attached hydrogen (secondary N) is 3. The maximum absolute atomic E-state index is 13.2. The number of carbonyl (C=O) groups is 5. The lowest BCUT2D eigenvalue weighted by atomic mass is 10.0. The molecule has 0 spiro atoms. The molecule has 4 rings (SSSR count). The fourth-order valence-electron chi connectivity index (χ4n) is 3.94. The molecule has 1 fully saturated rings. The van der Waals surface area contributed by atoms with E-state index < -0.39 is 34.9 Å². The van der Waals surface area contributed by atoms with Crippen molar-refractivity contribution >= 4 is 59.6 Å². The molecule has 4 amide bonds. The summed E-state index contributed by atoms with van der Waals surface area (Å²) in [6.07, 6.45) is 10.7. The van der Waals surface area contributed by atoms with E-state index in [4.69, 9.17) is 11.3 Å². The van der Waals surface area contributed by atoms with E-state index in [2.05, 4.69) is 37.0 Å². The minimum atomic E-state index is -1.29. The second-order valence-corrected chi connectivity index (χ2v) is 9.20. The second-order valence-electron chi connectivity index (χ2n) is 8.09. The van der Waals surface area contributed by atoms with Gasteiger partial charge in [0.15, 0.2) is 31.4 Å². The fraction of sp³-hybridized carbons (Fsp3) is 0.208. The predicted molar refractivity (Wildman–Crippen MR) is 139 cm³/mol. The zero-order chi connectivity index (χ0) is 28.6. The highest BCUT2D eigenvalue weighted by molar-refractivity contribution is 8.00. The lowest BCUT2D eigenvalue weighted by Crippen LogP contribution is -2.71. The van der Waals surface area contributed by atoms with Crippen LogP contribution in [-0.4, -0.2) is 80.1 Å². The average molecular weight is 566 g/mol. The number of aliphatic carboxylic acids is 1. The highest BCUT2D eigenvalue weighted by Crippen LogP contribution is 2.40. The number of oxime groups is 1. The molecule has 2 aliphatic heterocycles. The third-order valence-electron chi connectivity index (χ3n) is 5.59. The van der Waals surface area contributed by atoms with Gasteiger partial charge in [-0.3, -0.25) is 24.1 Å². The minimum Gasteiger partial charge on any atom is -0.477 e. The number of carboxylic acids is 1. The second kappa shape index (κ2) is 12.5. The summed E-state index contributed by atoms with van der Waals surface area (Å²) in [7, 11) is 0. The van der Waals surface area contributed by atoms with Gasteiger partial charge in [0.25, 0.3) is 11.8 Å². The van der Waals surface area contributed by atoms with Gasteiger partial charge in [-0.25, -0.2) is 14.8 Å². The number of thioether (sulfide) groups is 1. The van der Waals surface area contributed by atoms with Gasteiger partial charge >= 0.3 is 5.97 Å². The van der Waals surface area contributed by atoms with Crippen LogP contribution in [0.1, 0.15) is 5.82 Å². The molecule has 16 heteroatoms. The third kappa shape index (κ3) is 5.89. The Bertz CT molecular complexity index is 1470. The van der Waals surface area contributed by atoms with Crippen LogP contribution < -0.4 is 20.5 Å². The van der Waals surface area contributed by atoms with E-state index in [-0.39, 0.29) is 36.2 Å². The normalized spacial score (nSPS) is 18.0. The maximum Gasteiger partial charge on any atom is 0.352 e. The van der Waals surface area contributed by atoms with Crippen molar-refractivity contribution in [3.05, 3.63) is 53.9 Å². The molecule has 0 saturated carbocycles. The summed E-state index contributed by atoms with van der Waals surface area (Å²) in [4.78, 5) is 74.0. The lowest BCUT2D eigenvalue weighted by Gasteiger charge is -2.49. The number of carboxylic acid groups (broad SMARTS) is 1. The SMILES string of the molecule is C#CCO/N=C(/C(=O)NC1C(=O)N2C(C(=O)O)=C(C[n+]3cccc(NC=O)c3)CS[C@H]12)c1nccc(NC=O)n1. The number of hydrogen-bond donors (Lipinski definition) is 4. The van der Waals surface area contributed by atoms with E-state index in [9.17, 15) is 29.1 Å². The van der Waals surface area contributed by atoms with Crippen LogP contribution in [0.15, 0.2) is 53.2 Å². The van der Waals surface area contributed by atoms with Gasteiger partial charge in [0.05, 0.1) is 0 Å². The number of nitrogens with zero attached hydrogens (tertiary/aromatic N) is 5. The number of terminal acetylenes is 1. The van der Waals surface area contributed by atoms with Crippen molar-refractivity contribution in [3.63, 3.8) is 0 Å². The number of rotatable bonds is 12. The first-order valence-electron chi connectivity index (χ1n) is 11.4. The Hall–Kier alpha value is -5.30. The molecule has 1 saturated heterocycles. The number of aromatic nitrogens is 3. The standard InChI is InChI=1S/C24H20N8O7S/c1-2-8-39-30-17(20-25-6-5-16(28-20)27-13-34)21(35)29-18-22(36)32-19(24(37)38)14(11-40-23(18)32)9-31-7-3-4-15(10-31)26-12-33/h1,3-7,10,12-13,18,23H,8-9,11H2,(H3-,25,26,27,28,29,33,34,35,37,38)/p+1/b30-17+/t18?,23-/m1/s1. The summed E-state index contributed by atoms with van der Waals surface area (Å²) < 4.78 is 1.68. The molecule has 0 bridgehead atoms. The molecular weight excluding hydrogens is 544 g/mol. The van der Waals surface area contributed by atoms with E-state index in [0.717, 1.165) is 4.90 Å². The Balaban J connectivity index is 1.54. The monoisotopic (exact) mass is 565 g/mol. The minimum absolute atomic E-state index is 0.0836. The zero-order valence-electron chi connectivity index (χ0n) is 20.5. The Morgan fingerprint density at radius 3 is 2.85 bits per heavy atom. The molecule has 40 heavy (non-hydrogen) atoms. The fourth-order valence-corrected chi connectivity index (χ4v) is 5.28. The summed E-state index contributed by atoms with van der Waals surface area (Å²) >= 11 is 1.27. The van der Waals surface area contributed by atoms with Gasteiger partial charge in [0.2, 0.25) is 18.5 Å². The van der Waals surface area contributed by atoms with Gasteiger partial charge in [-0.2, -0.15) is 4.57 Å². The third-order valence-corrected chi connectivity index (χ3v) is 6.93. The number of anilines is 2. The van der Waals surface area contributed by atoms with E-state index in [1.165, 1.54) is 24.0 Å². The Labute approximate surface area is 230 Å². The Kier molecular flexibility index (Phi) is 8.66. The summed E-state index contributed by atoms with van der Waals surface area (Å²) in [6, 6.07) is 3.67. The van der Waals surface area contributed by atoms with Crippen LogP contribution in [0.4, 0.5) is 11.5 Å². The van der Waals surface area contributed by atoms with Crippen molar-refractivity contribution in [3.8, 4) is 12.3 Å². The molecule has 2 atom stereocenters. The van der Waals surface area contributed by atoms with Crippen LogP contribution >= 0.6 is 11.8 Å². The zero-order valence-corrected chi connectivity index (χ0v) is 21.3. The van der Waals surface area contributed by atoms with Crippen LogP contribution in [0.25, 0.3) is 0 Å². The van der Waals surface area contributed by atoms with Crippen LogP contribution in [0.3, 0.4) is 0 Å². The lowest BCUT2D eigenvalue weighted by molar-refractivity contribution is -0.688. The van der Waals surface area contributed by atoms with Gasteiger partial charge in [-0.05, 0) is 12.1 Å². The van der Waals surface area contributed by atoms with Gasteiger partial charge in [-0.15, -0.1) is 18.2 Å². The number of pyridine rings is 1. The topological polar surface area (TPSA) is 196 Å². The largest absolute Gasteiger partial charge is 0.477 e. The summed E-state index contributed by atoms with van der Waals surface area (Å²) in [5.74, 6) is -0.477. The first kappa shape index (κ1) is 27.7. The van der Waals surface area contributed by atoms with Crippen LogP contribution in [0.2, 0.25) is 0 Å². The molecule has 2 aromatic heterocycles. The Morgan fingerprint density at radius 2 is 2.12 bits per heavy atom.